The second-order valence-corrected chi connectivity index (χ2v) is 4.75. The Morgan fingerprint density at radius 2 is 2.30 bits per heavy atom. The van der Waals surface area contributed by atoms with Crippen molar-refractivity contribution in [3.8, 4) is 17.1 Å². The molecule has 0 atom stereocenters. The summed E-state index contributed by atoms with van der Waals surface area (Å²) >= 11 is 1.14. The zero-order valence-electron chi connectivity index (χ0n) is 11.1. The number of ether oxygens (including phenoxy) is 1. The van der Waals surface area contributed by atoms with Gasteiger partial charge in [0.15, 0.2) is 11.0 Å². The number of carboxylic acid groups (broad SMARTS) is 1. The number of aliphatic carboxylic acids is 1. The fourth-order valence-electron chi connectivity index (χ4n) is 1.73. The fraction of sp³-hybridized carbons (Fsp3) is 0.333. The van der Waals surface area contributed by atoms with Crippen molar-refractivity contribution < 1.29 is 14.6 Å². The van der Waals surface area contributed by atoms with E-state index < -0.39 is 5.97 Å². The molecule has 0 aliphatic carbocycles. The monoisotopic (exact) mass is 294 g/mol. The quantitative estimate of drug-likeness (QED) is 0.808. The van der Waals surface area contributed by atoms with Gasteiger partial charge in [0.2, 0.25) is 0 Å². The number of hydrogen-bond donors (Lipinski definition) is 1. The number of methoxy groups -OCH3 is 1. The minimum atomic E-state index is -0.885. The van der Waals surface area contributed by atoms with E-state index in [1.54, 1.807) is 25.6 Å². The van der Waals surface area contributed by atoms with Gasteiger partial charge >= 0.3 is 5.97 Å². The summed E-state index contributed by atoms with van der Waals surface area (Å²) in [5, 5.41) is 17.5. The Morgan fingerprint density at radius 3 is 2.95 bits per heavy atom. The molecule has 2 aromatic heterocycles. The summed E-state index contributed by atoms with van der Waals surface area (Å²) in [5.74, 6) is 0.304. The summed E-state index contributed by atoms with van der Waals surface area (Å²) in [5.41, 5.74) is 0.777. The first-order valence-electron chi connectivity index (χ1n) is 5.93. The molecule has 0 saturated carbocycles. The molecule has 0 aromatic carbocycles. The van der Waals surface area contributed by atoms with E-state index in [4.69, 9.17) is 9.84 Å². The van der Waals surface area contributed by atoms with Gasteiger partial charge in [-0.25, -0.2) is 0 Å². The summed E-state index contributed by atoms with van der Waals surface area (Å²) in [6.07, 6.45) is 3.25. The molecular formula is C12H14N4O3S. The number of rotatable bonds is 6. The Morgan fingerprint density at radius 1 is 1.50 bits per heavy atom. The van der Waals surface area contributed by atoms with Gasteiger partial charge in [-0.05, 0) is 13.0 Å². The minimum Gasteiger partial charge on any atom is -0.494 e. The molecule has 0 aliphatic rings. The van der Waals surface area contributed by atoms with Gasteiger partial charge < -0.3 is 14.4 Å². The van der Waals surface area contributed by atoms with Crippen molar-refractivity contribution in [2.45, 2.75) is 18.6 Å². The smallest absolute Gasteiger partial charge is 0.313 e. The molecule has 7 nitrogen and oxygen atoms in total. The van der Waals surface area contributed by atoms with Crippen LogP contribution in [0.4, 0.5) is 0 Å². The highest BCUT2D eigenvalue weighted by atomic mass is 32.2. The molecule has 0 bridgehead atoms. The Kier molecular flexibility index (Phi) is 4.57. The van der Waals surface area contributed by atoms with Crippen LogP contribution in [0.5, 0.6) is 5.75 Å². The predicted octanol–water partition coefficient (Wildman–Crippen LogP) is 1.55. The van der Waals surface area contributed by atoms with Gasteiger partial charge in [0, 0.05) is 12.7 Å². The van der Waals surface area contributed by atoms with E-state index in [2.05, 4.69) is 15.2 Å². The molecule has 0 amide bonds. The van der Waals surface area contributed by atoms with Gasteiger partial charge in [0.25, 0.3) is 0 Å². The normalized spacial score (nSPS) is 10.5. The van der Waals surface area contributed by atoms with Crippen LogP contribution in [0, 0.1) is 0 Å². The highest BCUT2D eigenvalue weighted by Gasteiger charge is 2.17. The van der Waals surface area contributed by atoms with Gasteiger partial charge in [-0.1, -0.05) is 11.8 Å². The molecule has 2 aromatic rings. The van der Waals surface area contributed by atoms with Crippen LogP contribution in [0.1, 0.15) is 6.92 Å². The highest BCUT2D eigenvalue weighted by molar-refractivity contribution is 7.99. The first kappa shape index (κ1) is 14.3. The standard InChI is InChI=1S/C12H14N4O3S/c1-3-16-11(8-4-5-13-6-9(8)19-2)14-15-12(16)20-7-10(17)18/h4-6H,3,7H2,1-2H3,(H,17,18). The van der Waals surface area contributed by atoms with Gasteiger partial charge in [0.05, 0.1) is 24.6 Å². The first-order chi connectivity index (χ1) is 9.67. The molecule has 106 valence electrons. The molecule has 0 radical (unpaired) electrons. The SMILES string of the molecule is CCn1c(SCC(=O)O)nnc1-c1ccncc1OC. The number of carboxylic acids is 1. The van der Waals surface area contributed by atoms with Crippen LogP contribution in [0.2, 0.25) is 0 Å². The maximum atomic E-state index is 10.6. The van der Waals surface area contributed by atoms with Crippen LogP contribution >= 0.6 is 11.8 Å². The topological polar surface area (TPSA) is 90.1 Å². The highest BCUT2D eigenvalue weighted by Crippen LogP contribution is 2.29. The number of aromatic nitrogens is 4. The van der Waals surface area contributed by atoms with Crippen molar-refractivity contribution >= 4 is 17.7 Å². The summed E-state index contributed by atoms with van der Waals surface area (Å²) in [6.45, 7) is 2.58. The zero-order chi connectivity index (χ0) is 14.5. The summed E-state index contributed by atoms with van der Waals surface area (Å²) < 4.78 is 7.11. The second-order valence-electron chi connectivity index (χ2n) is 3.81. The minimum absolute atomic E-state index is 0.0500. The van der Waals surface area contributed by atoms with E-state index in [1.165, 1.54) is 0 Å². The van der Waals surface area contributed by atoms with Gasteiger partial charge in [-0.3, -0.25) is 9.78 Å². The van der Waals surface area contributed by atoms with E-state index >= 15 is 0 Å². The molecule has 0 unspecified atom stereocenters. The number of pyridine rings is 1. The predicted molar refractivity (Wildman–Crippen MR) is 73.8 cm³/mol. The van der Waals surface area contributed by atoms with Crippen LogP contribution in [-0.2, 0) is 11.3 Å². The van der Waals surface area contributed by atoms with E-state index in [1.807, 2.05) is 11.5 Å². The lowest BCUT2D eigenvalue weighted by molar-refractivity contribution is -0.133. The fourth-order valence-corrected chi connectivity index (χ4v) is 2.46. The van der Waals surface area contributed by atoms with E-state index in [0.717, 1.165) is 17.3 Å². The third kappa shape index (κ3) is 2.90. The molecule has 1 N–H and O–H groups in total. The van der Waals surface area contributed by atoms with Crippen molar-refractivity contribution in [2.24, 2.45) is 0 Å². The number of nitrogens with zero attached hydrogens (tertiary/aromatic N) is 4. The second kappa shape index (κ2) is 6.38. The largest absolute Gasteiger partial charge is 0.494 e. The van der Waals surface area contributed by atoms with Crippen molar-refractivity contribution in [3.63, 3.8) is 0 Å². The number of carbonyl (C=O) groups is 1. The Bertz CT molecular complexity index is 614. The molecule has 0 saturated heterocycles. The molecule has 8 heteroatoms. The Hall–Kier alpha value is -2.09. The van der Waals surface area contributed by atoms with Crippen molar-refractivity contribution in [3.05, 3.63) is 18.5 Å². The average molecular weight is 294 g/mol. The van der Waals surface area contributed by atoms with Crippen LogP contribution in [0.15, 0.2) is 23.6 Å². The van der Waals surface area contributed by atoms with Gasteiger partial charge in [-0.2, -0.15) is 0 Å². The number of thioether (sulfide) groups is 1. The lowest BCUT2D eigenvalue weighted by atomic mass is 10.2. The zero-order valence-corrected chi connectivity index (χ0v) is 11.9. The Labute approximate surface area is 120 Å². The third-order valence-electron chi connectivity index (χ3n) is 2.60. The average Bonchev–Trinajstić information content (AvgIpc) is 2.87. The lowest BCUT2D eigenvalue weighted by Crippen LogP contribution is -2.04. The van der Waals surface area contributed by atoms with Crippen LogP contribution in [0.25, 0.3) is 11.4 Å². The molecule has 0 aliphatic heterocycles. The molecule has 0 spiro atoms. The van der Waals surface area contributed by atoms with E-state index in [0.29, 0.717) is 23.3 Å². The molecule has 2 rings (SSSR count). The van der Waals surface area contributed by atoms with Crippen LogP contribution in [-0.4, -0.2) is 43.7 Å². The first-order valence-corrected chi connectivity index (χ1v) is 6.92. The molecular weight excluding hydrogens is 280 g/mol. The van der Waals surface area contributed by atoms with Gasteiger partial charge in [-0.15, -0.1) is 10.2 Å². The van der Waals surface area contributed by atoms with Gasteiger partial charge in [0.1, 0.15) is 5.75 Å². The summed E-state index contributed by atoms with van der Waals surface area (Å²) in [6, 6.07) is 1.79. The molecule has 20 heavy (non-hydrogen) atoms. The lowest BCUT2D eigenvalue weighted by Gasteiger charge is -2.09. The third-order valence-corrected chi connectivity index (χ3v) is 3.55. The van der Waals surface area contributed by atoms with E-state index in [9.17, 15) is 4.79 Å². The Balaban J connectivity index is 2.39. The summed E-state index contributed by atoms with van der Waals surface area (Å²) in [4.78, 5) is 14.6. The molecule has 0 fully saturated rings. The maximum Gasteiger partial charge on any atom is 0.313 e. The molecule has 2 heterocycles. The van der Waals surface area contributed by atoms with Crippen LogP contribution in [0.3, 0.4) is 0 Å². The van der Waals surface area contributed by atoms with Crippen molar-refractivity contribution in [2.75, 3.05) is 12.9 Å². The van der Waals surface area contributed by atoms with Crippen molar-refractivity contribution in [1.82, 2.24) is 19.7 Å². The number of hydrogen-bond acceptors (Lipinski definition) is 6. The van der Waals surface area contributed by atoms with Crippen LogP contribution < -0.4 is 4.74 Å². The summed E-state index contributed by atoms with van der Waals surface area (Å²) in [7, 11) is 1.56. The van der Waals surface area contributed by atoms with E-state index in [-0.39, 0.29) is 5.75 Å². The maximum absolute atomic E-state index is 10.6. The van der Waals surface area contributed by atoms with Crippen molar-refractivity contribution in [1.29, 1.82) is 0 Å².